The van der Waals surface area contributed by atoms with Crippen LogP contribution in [-0.4, -0.2) is 41.7 Å². The van der Waals surface area contributed by atoms with Crippen LogP contribution < -0.4 is 5.32 Å². The number of rotatable bonds is 7. The van der Waals surface area contributed by atoms with Crippen LogP contribution in [0.25, 0.3) is 10.6 Å². The molecule has 8 heteroatoms. The lowest BCUT2D eigenvalue weighted by atomic mass is 10.2. The predicted octanol–water partition coefficient (Wildman–Crippen LogP) is 2.60. The average Bonchev–Trinajstić information content (AvgIpc) is 2.89. The number of thiazole rings is 1. The van der Waals surface area contributed by atoms with Gasteiger partial charge in [0.1, 0.15) is 16.5 Å². The van der Waals surface area contributed by atoms with Crippen molar-refractivity contribution >= 4 is 34.8 Å². The summed E-state index contributed by atoms with van der Waals surface area (Å²) in [5.74, 6) is -1.29. The van der Waals surface area contributed by atoms with Gasteiger partial charge in [-0.3, -0.25) is 4.79 Å². The Kier molecular flexibility index (Phi) is 6.09. The number of benzene rings is 1. The summed E-state index contributed by atoms with van der Waals surface area (Å²) in [6.07, 6.45) is 0. The zero-order chi connectivity index (χ0) is 16.8. The molecule has 122 valence electrons. The van der Waals surface area contributed by atoms with Gasteiger partial charge in [0.05, 0.1) is 12.3 Å². The van der Waals surface area contributed by atoms with Crippen molar-refractivity contribution in [1.82, 2.24) is 10.3 Å². The van der Waals surface area contributed by atoms with Crippen LogP contribution >= 0.6 is 22.9 Å². The van der Waals surface area contributed by atoms with Gasteiger partial charge in [-0.25, -0.2) is 9.78 Å². The maximum Gasteiger partial charge on any atom is 0.329 e. The molecule has 0 radical (unpaired) electrons. The molecule has 2 rings (SSSR count). The van der Waals surface area contributed by atoms with Crippen LogP contribution in [0.2, 0.25) is 5.02 Å². The summed E-state index contributed by atoms with van der Waals surface area (Å²) in [6, 6.07) is 7.24. The number of carboxylic acid groups (broad SMARTS) is 1. The van der Waals surface area contributed by atoms with Crippen molar-refractivity contribution in [2.24, 2.45) is 0 Å². The topological polar surface area (TPSA) is 88.5 Å². The van der Waals surface area contributed by atoms with Crippen LogP contribution in [0, 0.1) is 6.92 Å². The van der Waals surface area contributed by atoms with Crippen LogP contribution in [0.15, 0.2) is 24.3 Å². The van der Waals surface area contributed by atoms with Crippen molar-refractivity contribution in [3.05, 3.63) is 39.9 Å². The van der Waals surface area contributed by atoms with Crippen molar-refractivity contribution in [3.8, 4) is 10.6 Å². The number of hydrogen-bond acceptors (Lipinski definition) is 5. The van der Waals surface area contributed by atoms with Gasteiger partial charge in [0.15, 0.2) is 0 Å². The smallest absolute Gasteiger partial charge is 0.329 e. The number of hydrogen-bond donors (Lipinski definition) is 2. The van der Waals surface area contributed by atoms with Crippen molar-refractivity contribution in [2.75, 3.05) is 19.8 Å². The van der Waals surface area contributed by atoms with E-state index >= 15 is 0 Å². The van der Waals surface area contributed by atoms with Gasteiger partial charge in [-0.2, -0.15) is 0 Å². The van der Waals surface area contributed by atoms with Gasteiger partial charge in [-0.05, 0) is 19.1 Å². The number of carbonyl (C=O) groups excluding carboxylic acids is 1. The normalized spacial score (nSPS) is 10.5. The largest absolute Gasteiger partial charge is 0.480 e. The van der Waals surface area contributed by atoms with Gasteiger partial charge in [0, 0.05) is 17.1 Å². The van der Waals surface area contributed by atoms with E-state index in [4.69, 9.17) is 21.4 Å². The standard InChI is InChI=1S/C15H15ClN2O4S/c1-9-13(14(21)17-6-7-22-8-12(19)20)23-15(18-9)10-2-4-11(16)5-3-10/h2-5H,6-8H2,1H3,(H,17,21)(H,19,20). The minimum Gasteiger partial charge on any atom is -0.480 e. The van der Waals surface area contributed by atoms with E-state index in [0.29, 0.717) is 15.6 Å². The third-order valence-corrected chi connectivity index (χ3v) is 4.31. The SMILES string of the molecule is Cc1nc(-c2ccc(Cl)cc2)sc1C(=O)NCCOCC(=O)O. The Labute approximate surface area is 142 Å². The molecule has 0 spiro atoms. The molecule has 6 nitrogen and oxygen atoms in total. The van der Waals surface area contributed by atoms with E-state index < -0.39 is 5.97 Å². The van der Waals surface area contributed by atoms with Gasteiger partial charge in [-0.1, -0.05) is 23.7 Å². The number of carboxylic acids is 1. The maximum atomic E-state index is 12.1. The zero-order valence-corrected chi connectivity index (χ0v) is 13.9. The molecule has 0 fully saturated rings. The van der Waals surface area contributed by atoms with Crippen LogP contribution in [0.4, 0.5) is 0 Å². The second kappa shape index (κ2) is 8.05. The van der Waals surface area contributed by atoms with E-state index in [9.17, 15) is 9.59 Å². The van der Waals surface area contributed by atoms with Crippen LogP contribution in [0.3, 0.4) is 0 Å². The summed E-state index contributed by atoms with van der Waals surface area (Å²) < 4.78 is 4.86. The molecular weight excluding hydrogens is 340 g/mol. The Hall–Kier alpha value is -1.96. The van der Waals surface area contributed by atoms with Crippen LogP contribution in [0.1, 0.15) is 15.4 Å². The monoisotopic (exact) mass is 354 g/mol. The first-order valence-electron chi connectivity index (χ1n) is 6.78. The number of ether oxygens (including phenoxy) is 1. The van der Waals surface area contributed by atoms with Gasteiger partial charge in [0.25, 0.3) is 5.91 Å². The molecule has 1 heterocycles. The molecule has 23 heavy (non-hydrogen) atoms. The number of carbonyl (C=O) groups is 2. The van der Waals surface area contributed by atoms with Crippen LogP contribution in [-0.2, 0) is 9.53 Å². The molecule has 0 saturated carbocycles. The third-order valence-electron chi connectivity index (χ3n) is 2.85. The Bertz CT molecular complexity index is 700. The summed E-state index contributed by atoms with van der Waals surface area (Å²) in [4.78, 5) is 27.3. The Morgan fingerprint density at radius 3 is 2.70 bits per heavy atom. The van der Waals surface area contributed by atoms with Crippen molar-refractivity contribution in [1.29, 1.82) is 0 Å². The van der Waals surface area contributed by atoms with Crippen molar-refractivity contribution < 1.29 is 19.4 Å². The van der Waals surface area contributed by atoms with E-state index in [-0.39, 0.29) is 25.7 Å². The molecule has 0 aliphatic heterocycles. The number of aliphatic carboxylic acids is 1. The quantitative estimate of drug-likeness (QED) is 0.746. The number of nitrogens with zero attached hydrogens (tertiary/aromatic N) is 1. The van der Waals surface area contributed by atoms with E-state index in [2.05, 4.69) is 10.3 Å². The number of halogens is 1. The summed E-state index contributed by atoms with van der Waals surface area (Å²) >= 11 is 7.15. The highest BCUT2D eigenvalue weighted by Crippen LogP contribution is 2.28. The molecule has 2 N–H and O–H groups in total. The lowest BCUT2D eigenvalue weighted by molar-refractivity contribution is -0.142. The fraction of sp³-hybridized carbons (Fsp3) is 0.267. The fourth-order valence-corrected chi connectivity index (χ4v) is 2.91. The first-order valence-corrected chi connectivity index (χ1v) is 7.98. The Balaban J connectivity index is 1.96. The summed E-state index contributed by atoms with van der Waals surface area (Å²) in [5, 5.41) is 12.5. The van der Waals surface area contributed by atoms with Gasteiger partial charge < -0.3 is 15.2 Å². The first-order chi connectivity index (χ1) is 11.0. The molecule has 0 bridgehead atoms. The lowest BCUT2D eigenvalue weighted by Crippen LogP contribution is -2.27. The van der Waals surface area contributed by atoms with E-state index in [1.807, 2.05) is 12.1 Å². The number of nitrogens with one attached hydrogen (secondary N) is 1. The van der Waals surface area contributed by atoms with Gasteiger partial charge in [0.2, 0.25) is 0 Å². The zero-order valence-electron chi connectivity index (χ0n) is 12.3. The maximum absolute atomic E-state index is 12.1. The second-order valence-corrected chi connectivity index (χ2v) is 6.08. The molecule has 1 aromatic carbocycles. The van der Waals surface area contributed by atoms with Gasteiger partial charge >= 0.3 is 5.97 Å². The van der Waals surface area contributed by atoms with E-state index in [0.717, 1.165) is 10.6 Å². The average molecular weight is 355 g/mol. The molecule has 0 aliphatic carbocycles. The Morgan fingerprint density at radius 2 is 2.04 bits per heavy atom. The molecule has 1 aromatic heterocycles. The molecule has 0 aliphatic rings. The van der Waals surface area contributed by atoms with E-state index in [1.165, 1.54) is 11.3 Å². The summed E-state index contributed by atoms with van der Waals surface area (Å²) in [7, 11) is 0. The molecule has 0 unspecified atom stereocenters. The fourth-order valence-electron chi connectivity index (χ4n) is 1.80. The number of amides is 1. The summed E-state index contributed by atoms with van der Waals surface area (Å²) in [6.45, 7) is 1.77. The predicted molar refractivity (Wildman–Crippen MR) is 88.1 cm³/mol. The molecule has 0 saturated heterocycles. The van der Waals surface area contributed by atoms with Crippen molar-refractivity contribution in [2.45, 2.75) is 6.92 Å². The highest BCUT2D eigenvalue weighted by Gasteiger charge is 2.15. The van der Waals surface area contributed by atoms with E-state index in [1.54, 1.807) is 19.1 Å². The first kappa shape index (κ1) is 17.4. The lowest BCUT2D eigenvalue weighted by Gasteiger charge is -2.03. The highest BCUT2D eigenvalue weighted by atomic mass is 35.5. The molecular formula is C15H15ClN2O4S. The Morgan fingerprint density at radius 1 is 1.35 bits per heavy atom. The molecule has 2 aromatic rings. The molecule has 1 amide bonds. The minimum atomic E-state index is -1.04. The number of aromatic nitrogens is 1. The second-order valence-electron chi connectivity index (χ2n) is 4.64. The van der Waals surface area contributed by atoms with Crippen molar-refractivity contribution in [3.63, 3.8) is 0 Å². The van der Waals surface area contributed by atoms with Gasteiger partial charge in [-0.15, -0.1) is 11.3 Å². The third kappa shape index (κ3) is 5.02. The van der Waals surface area contributed by atoms with Crippen LogP contribution in [0.5, 0.6) is 0 Å². The summed E-state index contributed by atoms with van der Waals surface area (Å²) in [5.41, 5.74) is 1.54. The number of aryl methyl sites for hydroxylation is 1. The minimum absolute atomic E-state index is 0.139. The highest BCUT2D eigenvalue weighted by molar-refractivity contribution is 7.17. The molecule has 0 atom stereocenters.